The third kappa shape index (κ3) is 7.38. The molecule has 0 heterocycles. The van der Waals surface area contributed by atoms with Gasteiger partial charge in [0, 0.05) is 0 Å². The summed E-state index contributed by atoms with van der Waals surface area (Å²) in [5.41, 5.74) is 1.26. The van der Waals surface area contributed by atoms with E-state index in [1.807, 2.05) is 24.3 Å². The van der Waals surface area contributed by atoms with Crippen LogP contribution in [0, 0.1) is 12.8 Å². The fraction of sp³-hybridized carbons (Fsp3) is 0.500. The molecule has 1 aromatic carbocycles. The van der Waals surface area contributed by atoms with Crippen molar-refractivity contribution in [2.45, 2.75) is 27.7 Å². The van der Waals surface area contributed by atoms with E-state index in [1.54, 1.807) is 7.11 Å². The molecule has 0 aromatic heterocycles. The Morgan fingerprint density at radius 3 is 1.69 bits per heavy atom. The zero-order valence-electron chi connectivity index (χ0n) is 9.29. The fourth-order valence-corrected chi connectivity index (χ4v) is 0.674. The minimum Gasteiger partial charge on any atom is -0.497 e. The van der Waals surface area contributed by atoms with E-state index >= 15 is 0 Å². The van der Waals surface area contributed by atoms with Gasteiger partial charge in [-0.2, -0.15) is 0 Å². The largest absolute Gasteiger partial charge is 0.497 e. The van der Waals surface area contributed by atoms with E-state index in [9.17, 15) is 0 Å². The number of hydrogen-bond acceptors (Lipinski definition) is 1. The molecule has 74 valence electrons. The number of aryl methyl sites for hydroxylation is 1. The lowest BCUT2D eigenvalue weighted by Crippen LogP contribution is -1.80. The lowest BCUT2D eigenvalue weighted by molar-refractivity contribution is 0.414. The number of hydrogen-bond donors (Lipinski definition) is 0. The van der Waals surface area contributed by atoms with E-state index in [1.165, 1.54) is 5.56 Å². The highest BCUT2D eigenvalue weighted by Crippen LogP contribution is 2.09. The van der Waals surface area contributed by atoms with Gasteiger partial charge < -0.3 is 4.74 Å². The molecular formula is C12H20O. The van der Waals surface area contributed by atoms with Gasteiger partial charge in [-0.1, -0.05) is 38.5 Å². The smallest absolute Gasteiger partial charge is 0.118 e. The van der Waals surface area contributed by atoms with Crippen molar-refractivity contribution >= 4 is 0 Å². The standard InChI is InChI=1S/C8H10O.C4H10/c1-7-3-5-8(9-2)6-4-7;1-4(2)3/h3-6H,1-2H3;4H,1-3H3. The Labute approximate surface area is 81.7 Å². The van der Waals surface area contributed by atoms with Crippen molar-refractivity contribution in [3.05, 3.63) is 29.8 Å². The summed E-state index contributed by atoms with van der Waals surface area (Å²) in [6, 6.07) is 7.96. The first-order valence-corrected chi connectivity index (χ1v) is 4.67. The van der Waals surface area contributed by atoms with Crippen LogP contribution in [-0.2, 0) is 0 Å². The van der Waals surface area contributed by atoms with Crippen LogP contribution >= 0.6 is 0 Å². The Bertz CT molecular complexity index is 208. The SMILES string of the molecule is CC(C)C.COc1ccc(C)cc1. The maximum Gasteiger partial charge on any atom is 0.118 e. The second-order valence-corrected chi connectivity index (χ2v) is 3.75. The molecule has 0 saturated carbocycles. The van der Waals surface area contributed by atoms with Crippen LogP contribution < -0.4 is 4.74 Å². The zero-order valence-corrected chi connectivity index (χ0v) is 9.29. The average Bonchev–Trinajstić information content (AvgIpc) is 2.05. The molecule has 1 nitrogen and oxygen atoms in total. The lowest BCUT2D eigenvalue weighted by atomic mass is 10.2. The van der Waals surface area contributed by atoms with Crippen molar-refractivity contribution in [2.75, 3.05) is 7.11 Å². The van der Waals surface area contributed by atoms with Gasteiger partial charge in [-0.25, -0.2) is 0 Å². The second kappa shape index (κ2) is 6.53. The van der Waals surface area contributed by atoms with Crippen molar-refractivity contribution in [3.63, 3.8) is 0 Å². The Morgan fingerprint density at radius 1 is 1.00 bits per heavy atom. The Morgan fingerprint density at radius 2 is 1.38 bits per heavy atom. The molecule has 0 N–H and O–H groups in total. The normalized spacial score (nSPS) is 9.08. The Kier molecular flexibility index (Phi) is 6.03. The third-order valence-corrected chi connectivity index (χ3v) is 1.26. The summed E-state index contributed by atoms with van der Waals surface area (Å²) >= 11 is 0. The minimum absolute atomic E-state index is 0.833. The van der Waals surface area contributed by atoms with E-state index in [2.05, 4.69) is 27.7 Å². The molecule has 0 bridgehead atoms. The van der Waals surface area contributed by atoms with Crippen LogP contribution in [-0.4, -0.2) is 7.11 Å². The molecule has 0 saturated heterocycles. The van der Waals surface area contributed by atoms with E-state index in [0.29, 0.717) is 0 Å². The Balaban J connectivity index is 0.000000310. The highest BCUT2D eigenvalue weighted by Gasteiger charge is 1.85. The second-order valence-electron chi connectivity index (χ2n) is 3.75. The summed E-state index contributed by atoms with van der Waals surface area (Å²) < 4.78 is 4.97. The van der Waals surface area contributed by atoms with Crippen molar-refractivity contribution in [2.24, 2.45) is 5.92 Å². The van der Waals surface area contributed by atoms with Crippen LogP contribution in [0.25, 0.3) is 0 Å². The molecule has 0 radical (unpaired) electrons. The van der Waals surface area contributed by atoms with E-state index in [0.717, 1.165) is 11.7 Å². The van der Waals surface area contributed by atoms with Crippen LogP contribution in [0.3, 0.4) is 0 Å². The lowest BCUT2D eigenvalue weighted by Gasteiger charge is -1.97. The summed E-state index contributed by atoms with van der Waals surface area (Å²) in [5, 5.41) is 0. The minimum atomic E-state index is 0.833. The molecule has 0 aliphatic heterocycles. The highest BCUT2D eigenvalue weighted by molar-refractivity contribution is 5.25. The topological polar surface area (TPSA) is 9.23 Å². The molecule has 0 unspecified atom stereocenters. The molecule has 0 amide bonds. The number of ether oxygens (including phenoxy) is 1. The molecule has 0 spiro atoms. The van der Waals surface area contributed by atoms with Crippen molar-refractivity contribution in [3.8, 4) is 5.75 Å². The summed E-state index contributed by atoms with van der Waals surface area (Å²) in [4.78, 5) is 0. The molecule has 0 aliphatic rings. The van der Waals surface area contributed by atoms with Crippen molar-refractivity contribution in [1.29, 1.82) is 0 Å². The van der Waals surface area contributed by atoms with E-state index < -0.39 is 0 Å². The van der Waals surface area contributed by atoms with Crippen LogP contribution in [0.5, 0.6) is 5.75 Å². The van der Waals surface area contributed by atoms with Gasteiger partial charge in [0.15, 0.2) is 0 Å². The molecular weight excluding hydrogens is 160 g/mol. The summed E-state index contributed by atoms with van der Waals surface area (Å²) in [7, 11) is 1.67. The van der Waals surface area contributed by atoms with Gasteiger partial charge in [-0.15, -0.1) is 0 Å². The average molecular weight is 180 g/mol. The Hall–Kier alpha value is -0.980. The van der Waals surface area contributed by atoms with Crippen molar-refractivity contribution in [1.82, 2.24) is 0 Å². The summed E-state index contributed by atoms with van der Waals surface area (Å²) in [6.45, 7) is 8.56. The predicted octanol–water partition coefficient (Wildman–Crippen LogP) is 3.67. The third-order valence-electron chi connectivity index (χ3n) is 1.26. The molecule has 0 aliphatic carbocycles. The fourth-order valence-electron chi connectivity index (χ4n) is 0.674. The van der Waals surface area contributed by atoms with Gasteiger partial charge in [0.1, 0.15) is 5.75 Å². The predicted molar refractivity (Wildman–Crippen MR) is 58.2 cm³/mol. The summed E-state index contributed by atoms with van der Waals surface area (Å²) in [6.07, 6.45) is 0. The molecule has 1 heteroatoms. The molecule has 0 atom stereocenters. The maximum absolute atomic E-state index is 4.97. The first-order chi connectivity index (χ1) is 6.06. The number of methoxy groups -OCH3 is 1. The van der Waals surface area contributed by atoms with E-state index in [-0.39, 0.29) is 0 Å². The summed E-state index contributed by atoms with van der Waals surface area (Å²) in [5.74, 6) is 1.75. The van der Waals surface area contributed by atoms with E-state index in [4.69, 9.17) is 4.74 Å². The highest BCUT2D eigenvalue weighted by atomic mass is 16.5. The number of rotatable bonds is 1. The van der Waals surface area contributed by atoms with Gasteiger partial charge in [-0.3, -0.25) is 0 Å². The molecule has 1 rings (SSSR count). The monoisotopic (exact) mass is 180 g/mol. The number of benzene rings is 1. The van der Waals surface area contributed by atoms with Gasteiger partial charge in [0.25, 0.3) is 0 Å². The first-order valence-electron chi connectivity index (χ1n) is 4.67. The van der Waals surface area contributed by atoms with Crippen molar-refractivity contribution < 1.29 is 4.74 Å². The van der Waals surface area contributed by atoms with Crippen LogP contribution in [0.4, 0.5) is 0 Å². The van der Waals surface area contributed by atoms with Gasteiger partial charge in [0.2, 0.25) is 0 Å². The van der Waals surface area contributed by atoms with Gasteiger partial charge in [0.05, 0.1) is 7.11 Å². The first kappa shape index (κ1) is 12.0. The molecule has 13 heavy (non-hydrogen) atoms. The van der Waals surface area contributed by atoms with Gasteiger partial charge >= 0.3 is 0 Å². The van der Waals surface area contributed by atoms with Crippen LogP contribution in [0.1, 0.15) is 26.3 Å². The maximum atomic E-state index is 4.97. The van der Waals surface area contributed by atoms with Gasteiger partial charge in [-0.05, 0) is 25.0 Å². The molecule has 0 fully saturated rings. The van der Waals surface area contributed by atoms with Crippen LogP contribution in [0.2, 0.25) is 0 Å². The van der Waals surface area contributed by atoms with Crippen LogP contribution in [0.15, 0.2) is 24.3 Å². The molecule has 1 aromatic rings. The quantitative estimate of drug-likeness (QED) is 0.640. The zero-order chi connectivity index (χ0) is 10.3.